The number of hydrogen-bond acceptors (Lipinski definition) is 1. The summed E-state index contributed by atoms with van der Waals surface area (Å²) in [6.07, 6.45) is -0.538. The van der Waals surface area contributed by atoms with Gasteiger partial charge in [-0.25, -0.2) is 17.6 Å². The van der Waals surface area contributed by atoms with Crippen LogP contribution in [0.1, 0.15) is 15.9 Å². The summed E-state index contributed by atoms with van der Waals surface area (Å²) in [6.45, 7) is 0. The average molecular weight is 268 g/mol. The monoisotopic (exact) mass is 268 g/mol. The van der Waals surface area contributed by atoms with E-state index in [1.54, 1.807) is 0 Å². The fourth-order valence-corrected chi connectivity index (χ4v) is 1.69. The van der Waals surface area contributed by atoms with E-state index >= 15 is 0 Å². The summed E-state index contributed by atoms with van der Waals surface area (Å²) in [5, 5.41) is 0. The third-order valence-electron chi connectivity index (χ3n) is 2.61. The van der Waals surface area contributed by atoms with Crippen molar-refractivity contribution in [2.75, 3.05) is 0 Å². The van der Waals surface area contributed by atoms with Crippen molar-refractivity contribution in [1.29, 1.82) is 0 Å². The number of halogens is 4. The van der Waals surface area contributed by atoms with E-state index in [1.165, 1.54) is 0 Å². The van der Waals surface area contributed by atoms with E-state index in [-0.39, 0.29) is 5.56 Å². The van der Waals surface area contributed by atoms with Crippen molar-refractivity contribution in [2.45, 2.75) is 6.42 Å². The van der Waals surface area contributed by atoms with Crippen LogP contribution in [0.4, 0.5) is 17.6 Å². The van der Waals surface area contributed by atoms with Gasteiger partial charge in [-0.05, 0) is 23.8 Å². The first-order valence-corrected chi connectivity index (χ1v) is 5.40. The molecule has 0 unspecified atom stereocenters. The summed E-state index contributed by atoms with van der Waals surface area (Å²) in [4.78, 5) is 11.8. The van der Waals surface area contributed by atoms with E-state index < -0.39 is 41.0 Å². The molecule has 0 saturated carbocycles. The molecule has 0 aliphatic carbocycles. The molecule has 0 aliphatic heterocycles. The molecule has 2 aromatic rings. The highest BCUT2D eigenvalue weighted by Gasteiger charge is 2.18. The van der Waals surface area contributed by atoms with Crippen LogP contribution in [0.5, 0.6) is 0 Å². The van der Waals surface area contributed by atoms with Crippen LogP contribution in [0.15, 0.2) is 36.4 Å². The first kappa shape index (κ1) is 13.3. The molecule has 0 spiro atoms. The van der Waals surface area contributed by atoms with Gasteiger partial charge in [-0.1, -0.05) is 12.1 Å². The number of carbonyl (C=O) groups excluding carboxylic acids is 1. The highest BCUT2D eigenvalue weighted by molar-refractivity contribution is 5.98. The molecule has 0 atom stereocenters. The van der Waals surface area contributed by atoms with Crippen molar-refractivity contribution < 1.29 is 22.4 Å². The van der Waals surface area contributed by atoms with Gasteiger partial charge in [-0.3, -0.25) is 4.79 Å². The lowest BCUT2D eigenvalue weighted by molar-refractivity contribution is 0.0983. The molecule has 0 saturated heterocycles. The molecule has 0 amide bonds. The predicted molar refractivity (Wildman–Crippen MR) is 60.8 cm³/mol. The zero-order chi connectivity index (χ0) is 14.0. The Kier molecular flexibility index (Phi) is 3.64. The number of ketones is 1. The molecule has 0 radical (unpaired) electrons. The number of Topliss-reactive ketones (excluding diaryl/α,β-unsaturated/α-hetero) is 1. The van der Waals surface area contributed by atoms with Crippen molar-refractivity contribution >= 4 is 5.78 Å². The van der Waals surface area contributed by atoms with Crippen molar-refractivity contribution in [3.63, 3.8) is 0 Å². The molecule has 0 heterocycles. The number of rotatable bonds is 3. The van der Waals surface area contributed by atoms with Crippen molar-refractivity contribution in [1.82, 2.24) is 0 Å². The molecule has 0 N–H and O–H groups in total. The number of hydrogen-bond donors (Lipinski definition) is 0. The molecular weight excluding hydrogens is 260 g/mol. The predicted octanol–water partition coefficient (Wildman–Crippen LogP) is 3.67. The molecule has 0 aromatic heterocycles. The van der Waals surface area contributed by atoms with Gasteiger partial charge in [-0.15, -0.1) is 0 Å². The second-order valence-electron chi connectivity index (χ2n) is 3.93. The van der Waals surface area contributed by atoms with Crippen LogP contribution in [-0.2, 0) is 6.42 Å². The fraction of sp³-hybridized carbons (Fsp3) is 0.0714. The van der Waals surface area contributed by atoms with E-state index in [2.05, 4.69) is 0 Å². The van der Waals surface area contributed by atoms with Crippen LogP contribution < -0.4 is 0 Å². The lowest BCUT2D eigenvalue weighted by atomic mass is 10.0. The highest BCUT2D eigenvalue weighted by Crippen LogP contribution is 2.17. The molecule has 0 aliphatic rings. The van der Waals surface area contributed by atoms with Gasteiger partial charge in [0.25, 0.3) is 0 Å². The maximum atomic E-state index is 13.4. The van der Waals surface area contributed by atoms with Gasteiger partial charge < -0.3 is 0 Å². The molecule has 0 fully saturated rings. The maximum Gasteiger partial charge on any atom is 0.173 e. The molecule has 1 nitrogen and oxygen atoms in total. The van der Waals surface area contributed by atoms with Crippen LogP contribution in [0.25, 0.3) is 0 Å². The average Bonchev–Trinajstić information content (AvgIpc) is 2.32. The summed E-state index contributed by atoms with van der Waals surface area (Å²) < 4.78 is 52.7. The Bertz CT molecular complexity index is 617. The Balaban J connectivity index is 2.31. The second-order valence-corrected chi connectivity index (χ2v) is 3.93. The lowest BCUT2D eigenvalue weighted by Gasteiger charge is -2.05. The minimum absolute atomic E-state index is 0.117. The van der Waals surface area contributed by atoms with Crippen LogP contribution in [0, 0.1) is 23.3 Å². The first-order valence-electron chi connectivity index (χ1n) is 5.40. The van der Waals surface area contributed by atoms with E-state index in [0.717, 1.165) is 30.3 Å². The largest absolute Gasteiger partial charge is 0.294 e. The molecule has 98 valence electrons. The van der Waals surface area contributed by atoms with Crippen LogP contribution >= 0.6 is 0 Å². The van der Waals surface area contributed by atoms with Crippen molar-refractivity contribution in [3.8, 4) is 0 Å². The summed E-state index contributed by atoms with van der Waals surface area (Å²) >= 11 is 0. The van der Waals surface area contributed by atoms with Gasteiger partial charge in [0.1, 0.15) is 23.3 Å². The third-order valence-corrected chi connectivity index (χ3v) is 2.61. The summed E-state index contributed by atoms with van der Waals surface area (Å²) in [6, 6.07) is 5.67. The molecule has 0 bridgehead atoms. The zero-order valence-electron chi connectivity index (χ0n) is 9.59. The fourth-order valence-electron chi connectivity index (χ4n) is 1.69. The van der Waals surface area contributed by atoms with E-state index in [9.17, 15) is 22.4 Å². The van der Waals surface area contributed by atoms with Crippen LogP contribution in [-0.4, -0.2) is 5.78 Å². The number of benzene rings is 2. The second kappa shape index (κ2) is 5.22. The van der Waals surface area contributed by atoms with Gasteiger partial charge in [0.05, 0.1) is 5.56 Å². The zero-order valence-corrected chi connectivity index (χ0v) is 9.59. The number of carbonyl (C=O) groups is 1. The van der Waals surface area contributed by atoms with Gasteiger partial charge in [0.2, 0.25) is 0 Å². The van der Waals surface area contributed by atoms with Crippen molar-refractivity contribution in [3.05, 3.63) is 70.8 Å². The van der Waals surface area contributed by atoms with Gasteiger partial charge in [0.15, 0.2) is 5.78 Å². The maximum absolute atomic E-state index is 13.4. The topological polar surface area (TPSA) is 17.1 Å². The summed E-state index contributed by atoms with van der Waals surface area (Å²) in [5.74, 6) is -4.63. The first-order chi connectivity index (χ1) is 8.99. The Labute approximate surface area is 106 Å². The van der Waals surface area contributed by atoms with E-state index in [4.69, 9.17) is 0 Å². The third kappa shape index (κ3) is 2.81. The van der Waals surface area contributed by atoms with Gasteiger partial charge in [-0.2, -0.15) is 0 Å². The van der Waals surface area contributed by atoms with Gasteiger partial charge in [0, 0.05) is 12.5 Å². The SMILES string of the molecule is O=C(Cc1ccc(F)cc1F)c1c(F)cccc1F. The minimum atomic E-state index is -1.01. The quantitative estimate of drug-likeness (QED) is 0.613. The Morgan fingerprint density at radius 3 is 2.11 bits per heavy atom. The van der Waals surface area contributed by atoms with E-state index in [0.29, 0.717) is 6.07 Å². The van der Waals surface area contributed by atoms with E-state index in [1.807, 2.05) is 0 Å². The standard InChI is InChI=1S/C14H8F4O/c15-9-5-4-8(12(18)7-9)6-13(19)14-10(16)2-1-3-11(14)17/h1-5,7H,6H2. The Morgan fingerprint density at radius 1 is 0.895 bits per heavy atom. The molecule has 19 heavy (non-hydrogen) atoms. The molecule has 5 heteroatoms. The van der Waals surface area contributed by atoms with Crippen LogP contribution in [0.2, 0.25) is 0 Å². The molecular formula is C14H8F4O. The van der Waals surface area contributed by atoms with Crippen molar-refractivity contribution in [2.24, 2.45) is 0 Å². The summed E-state index contributed by atoms with van der Waals surface area (Å²) in [7, 11) is 0. The highest BCUT2D eigenvalue weighted by atomic mass is 19.1. The smallest absolute Gasteiger partial charge is 0.173 e. The Hall–Kier alpha value is -2.17. The Morgan fingerprint density at radius 2 is 1.53 bits per heavy atom. The molecule has 2 rings (SSSR count). The minimum Gasteiger partial charge on any atom is -0.294 e. The van der Waals surface area contributed by atoms with Gasteiger partial charge >= 0.3 is 0 Å². The molecule has 2 aromatic carbocycles. The summed E-state index contributed by atoms with van der Waals surface area (Å²) in [5.41, 5.74) is -0.833. The normalized spacial score (nSPS) is 10.5. The lowest BCUT2D eigenvalue weighted by Crippen LogP contribution is -2.10. The van der Waals surface area contributed by atoms with Crippen LogP contribution in [0.3, 0.4) is 0 Å².